The minimum Gasteiger partial charge on any atom is -0.469 e. The van der Waals surface area contributed by atoms with E-state index in [1.165, 1.54) is 7.11 Å². The molecule has 0 aliphatic carbocycles. The van der Waals surface area contributed by atoms with Gasteiger partial charge in [0, 0.05) is 20.1 Å². The lowest BCUT2D eigenvalue weighted by Crippen LogP contribution is -2.52. The SMILES string of the molecule is CNC(=O)C(C)N1CCOC(CC(=O)OC)C1. The molecule has 0 aromatic heterocycles. The monoisotopic (exact) mass is 244 g/mol. The van der Waals surface area contributed by atoms with Gasteiger partial charge in [-0.05, 0) is 6.92 Å². The number of ether oxygens (including phenoxy) is 2. The van der Waals surface area contributed by atoms with Crippen LogP contribution in [0.4, 0.5) is 0 Å². The second-order valence-electron chi connectivity index (χ2n) is 4.06. The minimum atomic E-state index is -0.288. The molecule has 0 spiro atoms. The van der Waals surface area contributed by atoms with Crippen molar-refractivity contribution in [2.75, 3.05) is 33.9 Å². The second-order valence-corrected chi connectivity index (χ2v) is 4.06. The number of likely N-dealkylation sites (N-methyl/N-ethyl adjacent to an activating group) is 1. The molecule has 6 heteroatoms. The third kappa shape index (κ3) is 3.98. The fourth-order valence-corrected chi connectivity index (χ4v) is 1.86. The van der Waals surface area contributed by atoms with Gasteiger partial charge < -0.3 is 14.8 Å². The zero-order valence-electron chi connectivity index (χ0n) is 10.6. The molecule has 1 rings (SSSR count). The summed E-state index contributed by atoms with van der Waals surface area (Å²) in [5, 5.41) is 2.62. The van der Waals surface area contributed by atoms with E-state index in [1.54, 1.807) is 7.05 Å². The lowest BCUT2D eigenvalue weighted by atomic mass is 10.1. The van der Waals surface area contributed by atoms with E-state index in [0.29, 0.717) is 19.7 Å². The number of rotatable bonds is 4. The average molecular weight is 244 g/mol. The zero-order chi connectivity index (χ0) is 12.8. The summed E-state index contributed by atoms with van der Waals surface area (Å²) in [6, 6.07) is -0.205. The van der Waals surface area contributed by atoms with Gasteiger partial charge in [0.25, 0.3) is 0 Å². The van der Waals surface area contributed by atoms with Gasteiger partial charge in [0.15, 0.2) is 0 Å². The van der Waals surface area contributed by atoms with Crippen molar-refractivity contribution in [3.05, 3.63) is 0 Å². The molecule has 0 aromatic rings. The molecule has 17 heavy (non-hydrogen) atoms. The highest BCUT2D eigenvalue weighted by Crippen LogP contribution is 2.12. The first-order valence-electron chi connectivity index (χ1n) is 5.72. The van der Waals surface area contributed by atoms with Crippen molar-refractivity contribution in [3.63, 3.8) is 0 Å². The molecule has 98 valence electrons. The highest BCUT2D eigenvalue weighted by Gasteiger charge is 2.28. The van der Waals surface area contributed by atoms with Crippen LogP contribution in [0.2, 0.25) is 0 Å². The zero-order valence-corrected chi connectivity index (χ0v) is 10.6. The molecule has 1 amide bonds. The fourth-order valence-electron chi connectivity index (χ4n) is 1.86. The molecule has 0 radical (unpaired) electrons. The Kier molecular flexibility index (Phi) is 5.37. The Labute approximate surface area is 101 Å². The van der Waals surface area contributed by atoms with Gasteiger partial charge in [0.05, 0.1) is 32.3 Å². The Morgan fingerprint density at radius 2 is 2.29 bits per heavy atom. The van der Waals surface area contributed by atoms with E-state index in [9.17, 15) is 9.59 Å². The van der Waals surface area contributed by atoms with E-state index in [4.69, 9.17) is 4.74 Å². The van der Waals surface area contributed by atoms with Crippen LogP contribution in [0.3, 0.4) is 0 Å². The van der Waals surface area contributed by atoms with Crippen LogP contribution in [0.5, 0.6) is 0 Å². The molecule has 1 aliphatic rings. The Hall–Kier alpha value is -1.14. The van der Waals surface area contributed by atoms with Crippen molar-refractivity contribution < 1.29 is 19.1 Å². The number of nitrogens with zero attached hydrogens (tertiary/aromatic N) is 1. The van der Waals surface area contributed by atoms with E-state index in [0.717, 1.165) is 0 Å². The van der Waals surface area contributed by atoms with Crippen LogP contribution in [0.15, 0.2) is 0 Å². The van der Waals surface area contributed by atoms with Gasteiger partial charge in [-0.1, -0.05) is 0 Å². The van der Waals surface area contributed by atoms with Gasteiger partial charge in [0.1, 0.15) is 0 Å². The van der Waals surface area contributed by atoms with E-state index >= 15 is 0 Å². The van der Waals surface area contributed by atoms with Crippen molar-refractivity contribution in [3.8, 4) is 0 Å². The standard InChI is InChI=1S/C11H20N2O4/c1-8(11(15)12-2)13-4-5-17-9(7-13)6-10(14)16-3/h8-9H,4-7H2,1-3H3,(H,12,15). The number of carbonyl (C=O) groups excluding carboxylic acids is 2. The molecule has 2 unspecified atom stereocenters. The molecule has 1 aliphatic heterocycles. The van der Waals surface area contributed by atoms with Crippen LogP contribution in [0.25, 0.3) is 0 Å². The van der Waals surface area contributed by atoms with E-state index < -0.39 is 0 Å². The molecule has 2 atom stereocenters. The van der Waals surface area contributed by atoms with Gasteiger partial charge in [-0.15, -0.1) is 0 Å². The van der Waals surface area contributed by atoms with E-state index in [2.05, 4.69) is 10.1 Å². The summed E-state index contributed by atoms with van der Waals surface area (Å²) in [6.07, 6.45) is 0.0382. The fraction of sp³-hybridized carbons (Fsp3) is 0.818. The molecule has 1 saturated heterocycles. The first-order valence-corrected chi connectivity index (χ1v) is 5.72. The number of amides is 1. The molecule has 1 N–H and O–H groups in total. The van der Waals surface area contributed by atoms with Crippen molar-refractivity contribution in [2.24, 2.45) is 0 Å². The quantitative estimate of drug-likeness (QED) is 0.668. The lowest BCUT2D eigenvalue weighted by molar-refractivity contribution is -0.146. The maximum atomic E-state index is 11.5. The largest absolute Gasteiger partial charge is 0.469 e. The summed E-state index contributed by atoms with van der Waals surface area (Å²) in [4.78, 5) is 24.7. The van der Waals surface area contributed by atoms with Crippen LogP contribution in [-0.2, 0) is 19.1 Å². The summed E-state index contributed by atoms with van der Waals surface area (Å²) in [5.74, 6) is -0.312. The molecule has 0 bridgehead atoms. The Morgan fingerprint density at radius 3 is 2.88 bits per heavy atom. The summed E-state index contributed by atoms with van der Waals surface area (Å²) in [6.45, 7) is 3.65. The van der Waals surface area contributed by atoms with Crippen molar-refractivity contribution in [2.45, 2.75) is 25.5 Å². The maximum Gasteiger partial charge on any atom is 0.308 e. The molecular weight excluding hydrogens is 224 g/mol. The number of nitrogens with one attached hydrogen (secondary N) is 1. The van der Waals surface area contributed by atoms with Gasteiger partial charge in [-0.3, -0.25) is 14.5 Å². The highest BCUT2D eigenvalue weighted by atomic mass is 16.5. The van der Waals surface area contributed by atoms with Crippen molar-refractivity contribution >= 4 is 11.9 Å². The van der Waals surface area contributed by atoms with Crippen LogP contribution in [0, 0.1) is 0 Å². The van der Waals surface area contributed by atoms with Crippen LogP contribution in [0.1, 0.15) is 13.3 Å². The molecule has 6 nitrogen and oxygen atoms in total. The Morgan fingerprint density at radius 1 is 1.59 bits per heavy atom. The molecular formula is C11H20N2O4. The molecule has 0 aromatic carbocycles. The summed E-state index contributed by atoms with van der Waals surface area (Å²) in [7, 11) is 2.97. The van der Waals surface area contributed by atoms with Gasteiger partial charge in [-0.2, -0.15) is 0 Å². The molecule has 1 fully saturated rings. The normalized spacial score (nSPS) is 22.9. The number of carbonyl (C=O) groups is 2. The van der Waals surface area contributed by atoms with Crippen LogP contribution >= 0.6 is 0 Å². The van der Waals surface area contributed by atoms with Crippen LogP contribution < -0.4 is 5.32 Å². The average Bonchev–Trinajstić information content (AvgIpc) is 2.37. The summed E-state index contributed by atoms with van der Waals surface area (Å²) >= 11 is 0. The molecule has 0 saturated carbocycles. The first-order chi connectivity index (χ1) is 8.08. The topological polar surface area (TPSA) is 67.9 Å². The highest BCUT2D eigenvalue weighted by molar-refractivity contribution is 5.81. The van der Waals surface area contributed by atoms with E-state index in [1.807, 2.05) is 11.8 Å². The lowest BCUT2D eigenvalue weighted by Gasteiger charge is -2.35. The van der Waals surface area contributed by atoms with Crippen LogP contribution in [-0.4, -0.2) is 62.8 Å². The number of hydrogen-bond acceptors (Lipinski definition) is 5. The number of morpholine rings is 1. The maximum absolute atomic E-state index is 11.5. The predicted octanol–water partition coefficient (Wildman–Crippen LogP) is -0.615. The van der Waals surface area contributed by atoms with Gasteiger partial charge in [0.2, 0.25) is 5.91 Å². The Balaban J connectivity index is 2.48. The first kappa shape index (κ1) is 13.9. The third-order valence-electron chi connectivity index (χ3n) is 2.97. The van der Waals surface area contributed by atoms with Crippen molar-refractivity contribution in [1.29, 1.82) is 0 Å². The third-order valence-corrected chi connectivity index (χ3v) is 2.97. The predicted molar refractivity (Wildman–Crippen MR) is 61.5 cm³/mol. The Bertz CT molecular complexity index is 283. The minimum absolute atomic E-state index is 0.0243. The number of hydrogen-bond donors (Lipinski definition) is 1. The van der Waals surface area contributed by atoms with Gasteiger partial charge >= 0.3 is 5.97 Å². The van der Waals surface area contributed by atoms with Gasteiger partial charge in [-0.25, -0.2) is 0 Å². The smallest absolute Gasteiger partial charge is 0.308 e. The summed E-state index contributed by atoms with van der Waals surface area (Å²) < 4.78 is 10.1. The van der Waals surface area contributed by atoms with E-state index in [-0.39, 0.29) is 30.4 Å². The van der Waals surface area contributed by atoms with Crippen molar-refractivity contribution in [1.82, 2.24) is 10.2 Å². The number of esters is 1. The summed E-state index contributed by atoms with van der Waals surface area (Å²) in [5.41, 5.74) is 0. The second kappa shape index (κ2) is 6.56. The number of methoxy groups -OCH3 is 1. The molecule has 1 heterocycles.